The molecule has 112 valence electrons. The number of hydrogen-bond donors (Lipinski definition) is 2. The van der Waals surface area contributed by atoms with E-state index in [2.05, 4.69) is 5.32 Å². The molecule has 2 atom stereocenters. The third-order valence-electron chi connectivity index (χ3n) is 3.11. The van der Waals surface area contributed by atoms with Gasteiger partial charge in [0.05, 0.1) is 5.56 Å². The molecule has 0 fully saturated rings. The monoisotopic (exact) mass is 297 g/mol. The lowest BCUT2D eigenvalue weighted by molar-refractivity contribution is 0.0828. The van der Waals surface area contributed by atoms with Gasteiger partial charge in [0.25, 0.3) is 5.91 Å². The van der Waals surface area contributed by atoms with Crippen LogP contribution in [0.25, 0.3) is 0 Å². The van der Waals surface area contributed by atoms with E-state index in [1.807, 2.05) is 6.92 Å². The molecule has 2 unspecified atom stereocenters. The second-order valence-electron chi connectivity index (χ2n) is 5.03. The Morgan fingerprint density at radius 3 is 2.65 bits per heavy atom. The molecule has 0 saturated heterocycles. The van der Waals surface area contributed by atoms with E-state index in [9.17, 15) is 9.00 Å². The quantitative estimate of drug-likeness (QED) is 0.781. The summed E-state index contributed by atoms with van der Waals surface area (Å²) in [6.45, 7) is 2.60. The maximum atomic E-state index is 12.1. The number of nitrogen functional groups attached to an aromatic ring is 1. The van der Waals surface area contributed by atoms with Crippen LogP contribution in [0.15, 0.2) is 18.2 Å². The Morgan fingerprint density at radius 2 is 2.10 bits per heavy atom. The molecule has 0 spiro atoms. The predicted octanol–water partition coefficient (Wildman–Crippen LogP) is 1.54. The van der Waals surface area contributed by atoms with Crippen LogP contribution in [-0.2, 0) is 10.8 Å². The molecule has 6 heteroatoms. The highest BCUT2D eigenvalue weighted by Gasteiger charge is 2.14. The van der Waals surface area contributed by atoms with Gasteiger partial charge in [-0.05, 0) is 24.6 Å². The Hall–Kier alpha value is -1.56. The Balaban J connectivity index is 2.80. The van der Waals surface area contributed by atoms with Crippen molar-refractivity contribution in [1.82, 2.24) is 4.90 Å². The van der Waals surface area contributed by atoms with Gasteiger partial charge in [0.1, 0.15) is 0 Å². The summed E-state index contributed by atoms with van der Waals surface area (Å²) in [4.78, 5) is 13.6. The molecule has 0 heterocycles. The van der Waals surface area contributed by atoms with Crippen molar-refractivity contribution in [3.8, 4) is 0 Å². The van der Waals surface area contributed by atoms with Crippen LogP contribution >= 0.6 is 0 Å². The molecule has 3 N–H and O–H groups in total. The van der Waals surface area contributed by atoms with Crippen LogP contribution in [-0.4, -0.2) is 47.2 Å². The van der Waals surface area contributed by atoms with E-state index >= 15 is 0 Å². The summed E-state index contributed by atoms with van der Waals surface area (Å²) in [6, 6.07) is 5.19. The number of rotatable bonds is 6. The molecule has 1 amide bonds. The third-order valence-corrected chi connectivity index (χ3v) is 4.48. The van der Waals surface area contributed by atoms with Gasteiger partial charge < -0.3 is 16.0 Å². The topological polar surface area (TPSA) is 75.4 Å². The zero-order valence-corrected chi connectivity index (χ0v) is 13.3. The highest BCUT2D eigenvalue weighted by molar-refractivity contribution is 7.84. The first-order valence-corrected chi connectivity index (χ1v) is 8.12. The van der Waals surface area contributed by atoms with Gasteiger partial charge in [0.15, 0.2) is 0 Å². The van der Waals surface area contributed by atoms with Gasteiger partial charge in [-0.15, -0.1) is 0 Å². The summed E-state index contributed by atoms with van der Waals surface area (Å²) in [5, 5.41) is 3.34. The lowest BCUT2D eigenvalue weighted by Gasteiger charge is -2.16. The number of benzene rings is 1. The van der Waals surface area contributed by atoms with Crippen molar-refractivity contribution < 1.29 is 9.00 Å². The second-order valence-corrected chi connectivity index (χ2v) is 6.83. The van der Waals surface area contributed by atoms with E-state index in [1.165, 1.54) is 4.90 Å². The molecule has 20 heavy (non-hydrogen) atoms. The van der Waals surface area contributed by atoms with Gasteiger partial charge >= 0.3 is 0 Å². The predicted molar refractivity (Wildman–Crippen MR) is 85.5 cm³/mol. The van der Waals surface area contributed by atoms with Crippen LogP contribution in [0.5, 0.6) is 0 Å². The van der Waals surface area contributed by atoms with Gasteiger partial charge in [-0.25, -0.2) is 0 Å². The number of anilines is 2. The van der Waals surface area contributed by atoms with Crippen molar-refractivity contribution in [2.24, 2.45) is 0 Å². The van der Waals surface area contributed by atoms with Gasteiger partial charge in [0.2, 0.25) is 0 Å². The summed E-state index contributed by atoms with van der Waals surface area (Å²) in [7, 11) is 2.59. The first-order chi connectivity index (χ1) is 9.32. The summed E-state index contributed by atoms with van der Waals surface area (Å²) in [6.07, 6.45) is 2.47. The molecule has 1 rings (SSSR count). The lowest BCUT2D eigenvalue weighted by atomic mass is 10.1. The van der Waals surface area contributed by atoms with Crippen molar-refractivity contribution >= 4 is 28.1 Å². The SMILES string of the molecule is CC(CCNc1cc(N)ccc1C(=O)N(C)C)S(C)=O. The van der Waals surface area contributed by atoms with Gasteiger partial charge in [-0.1, -0.05) is 6.92 Å². The Morgan fingerprint density at radius 1 is 1.45 bits per heavy atom. The second kappa shape index (κ2) is 7.28. The van der Waals surface area contributed by atoms with Crippen molar-refractivity contribution in [2.75, 3.05) is 37.9 Å². The Kier molecular flexibility index (Phi) is 6.01. The summed E-state index contributed by atoms with van der Waals surface area (Å²) in [5.74, 6) is -0.0698. The molecule has 0 aliphatic rings. The number of nitrogens with two attached hydrogens (primary N) is 1. The van der Waals surface area contributed by atoms with Crippen LogP contribution in [0, 0.1) is 0 Å². The molecule has 0 bridgehead atoms. The van der Waals surface area contributed by atoms with Crippen LogP contribution in [0.4, 0.5) is 11.4 Å². The lowest BCUT2D eigenvalue weighted by Crippen LogP contribution is -2.23. The molecule has 0 radical (unpaired) electrons. The molecule has 0 saturated carbocycles. The number of nitrogens with zero attached hydrogens (tertiary/aromatic N) is 1. The molecule has 0 aromatic heterocycles. The van der Waals surface area contributed by atoms with E-state index in [-0.39, 0.29) is 11.2 Å². The molecular formula is C14H23N3O2S. The molecule has 1 aromatic carbocycles. The maximum absolute atomic E-state index is 12.1. The molecule has 1 aromatic rings. The molecule has 5 nitrogen and oxygen atoms in total. The summed E-state index contributed by atoms with van der Waals surface area (Å²) >= 11 is 0. The summed E-state index contributed by atoms with van der Waals surface area (Å²) < 4.78 is 11.3. The van der Waals surface area contributed by atoms with E-state index in [0.717, 1.165) is 12.1 Å². The molecule has 0 aliphatic carbocycles. The number of hydrogen-bond acceptors (Lipinski definition) is 4. The van der Waals surface area contributed by atoms with E-state index < -0.39 is 10.8 Å². The van der Waals surface area contributed by atoms with E-state index in [0.29, 0.717) is 17.8 Å². The summed E-state index contributed by atoms with van der Waals surface area (Å²) in [5.41, 5.74) is 7.69. The van der Waals surface area contributed by atoms with Crippen LogP contribution in [0.2, 0.25) is 0 Å². The zero-order chi connectivity index (χ0) is 15.3. The van der Waals surface area contributed by atoms with Gasteiger partial charge in [0, 0.05) is 54.3 Å². The minimum absolute atomic E-state index is 0.0698. The standard InChI is InChI=1S/C14H23N3O2S/c1-10(20(4)19)7-8-16-13-9-11(15)5-6-12(13)14(18)17(2)3/h5-6,9-10,16H,7-8,15H2,1-4H3. The average molecular weight is 297 g/mol. The maximum Gasteiger partial charge on any atom is 0.255 e. The molecule has 0 aliphatic heterocycles. The Bertz CT molecular complexity index is 503. The first-order valence-electron chi connectivity index (χ1n) is 6.50. The van der Waals surface area contributed by atoms with Gasteiger partial charge in [-0.3, -0.25) is 9.00 Å². The number of carbonyl (C=O) groups is 1. The van der Waals surface area contributed by atoms with Gasteiger partial charge in [-0.2, -0.15) is 0 Å². The minimum atomic E-state index is -0.834. The van der Waals surface area contributed by atoms with E-state index in [1.54, 1.807) is 38.6 Å². The van der Waals surface area contributed by atoms with Crippen molar-refractivity contribution in [2.45, 2.75) is 18.6 Å². The fraction of sp³-hybridized carbons (Fsp3) is 0.500. The number of nitrogens with one attached hydrogen (secondary N) is 1. The van der Waals surface area contributed by atoms with Crippen molar-refractivity contribution in [3.05, 3.63) is 23.8 Å². The van der Waals surface area contributed by atoms with E-state index in [4.69, 9.17) is 5.73 Å². The fourth-order valence-corrected chi connectivity index (χ4v) is 2.16. The minimum Gasteiger partial charge on any atom is -0.399 e. The van der Waals surface area contributed by atoms with Crippen LogP contribution in [0.3, 0.4) is 0 Å². The van der Waals surface area contributed by atoms with Crippen LogP contribution < -0.4 is 11.1 Å². The van der Waals surface area contributed by atoms with Crippen molar-refractivity contribution in [1.29, 1.82) is 0 Å². The largest absolute Gasteiger partial charge is 0.399 e. The fourth-order valence-electron chi connectivity index (χ4n) is 1.71. The third kappa shape index (κ3) is 4.52. The van der Waals surface area contributed by atoms with Crippen molar-refractivity contribution in [3.63, 3.8) is 0 Å². The highest BCUT2D eigenvalue weighted by Crippen LogP contribution is 2.20. The number of carbonyl (C=O) groups excluding carboxylic acids is 1. The highest BCUT2D eigenvalue weighted by atomic mass is 32.2. The Labute approximate surface area is 123 Å². The normalized spacial score (nSPS) is 13.6. The average Bonchev–Trinajstić information content (AvgIpc) is 2.37. The smallest absolute Gasteiger partial charge is 0.255 e. The van der Waals surface area contributed by atoms with Crippen LogP contribution in [0.1, 0.15) is 23.7 Å². The zero-order valence-electron chi connectivity index (χ0n) is 12.5. The molecular weight excluding hydrogens is 274 g/mol. The number of amides is 1. The first kappa shape index (κ1) is 16.5.